The summed E-state index contributed by atoms with van der Waals surface area (Å²) in [4.78, 5) is 22.3. The second kappa shape index (κ2) is 4.47. The van der Waals surface area contributed by atoms with Gasteiger partial charge in [0.2, 0.25) is 11.9 Å². The molecule has 0 aromatic carbocycles. The van der Waals surface area contributed by atoms with Crippen LogP contribution in [0.5, 0.6) is 0 Å². The highest BCUT2D eigenvalue weighted by molar-refractivity contribution is 5.85. The first kappa shape index (κ1) is 10.9. The van der Waals surface area contributed by atoms with Gasteiger partial charge in [0, 0.05) is 25.0 Å². The van der Waals surface area contributed by atoms with Crippen molar-refractivity contribution in [3.8, 4) is 0 Å². The molecule has 0 saturated carbocycles. The van der Waals surface area contributed by atoms with Crippen LogP contribution in [-0.2, 0) is 4.79 Å². The quantitative estimate of drug-likeness (QED) is 0.788. The van der Waals surface area contributed by atoms with Gasteiger partial charge < -0.3 is 10.2 Å². The first-order valence-corrected chi connectivity index (χ1v) is 5.56. The topological polar surface area (TPSA) is 58.1 Å². The van der Waals surface area contributed by atoms with Crippen molar-refractivity contribution < 1.29 is 4.79 Å². The fourth-order valence-corrected chi connectivity index (χ4v) is 1.93. The van der Waals surface area contributed by atoms with E-state index in [1.165, 1.54) is 0 Å². The van der Waals surface area contributed by atoms with Gasteiger partial charge in [0.15, 0.2) is 0 Å². The van der Waals surface area contributed by atoms with E-state index in [2.05, 4.69) is 15.3 Å². The summed E-state index contributed by atoms with van der Waals surface area (Å²) in [6.45, 7) is 5.36. The molecule has 1 saturated heterocycles. The van der Waals surface area contributed by atoms with Crippen LogP contribution in [0.25, 0.3) is 0 Å². The highest BCUT2D eigenvalue weighted by Gasteiger charge is 2.29. The number of piperazine rings is 1. The molecule has 86 valence electrons. The number of hydrogen-bond acceptors (Lipinski definition) is 4. The van der Waals surface area contributed by atoms with Crippen LogP contribution in [0.3, 0.4) is 0 Å². The van der Waals surface area contributed by atoms with E-state index < -0.39 is 0 Å². The SMILES string of the molecule is CCC1C(=O)NCCN1c1nccc(C)n1. The molecule has 0 radical (unpaired) electrons. The van der Waals surface area contributed by atoms with Crippen LogP contribution in [0.1, 0.15) is 19.0 Å². The summed E-state index contributed by atoms with van der Waals surface area (Å²) < 4.78 is 0. The van der Waals surface area contributed by atoms with Crippen LogP contribution >= 0.6 is 0 Å². The lowest BCUT2D eigenvalue weighted by Gasteiger charge is -2.34. The molecule has 2 rings (SSSR count). The predicted octanol–water partition coefficient (Wildman–Crippen LogP) is 0.500. The number of aryl methyl sites for hydroxylation is 1. The molecule has 0 bridgehead atoms. The van der Waals surface area contributed by atoms with Gasteiger partial charge in [0.05, 0.1) is 0 Å². The average Bonchev–Trinajstić information content (AvgIpc) is 2.28. The second-order valence-electron chi connectivity index (χ2n) is 3.91. The van der Waals surface area contributed by atoms with Gasteiger partial charge in [-0.3, -0.25) is 4.79 Å². The number of rotatable bonds is 2. The molecule has 1 aromatic heterocycles. The Morgan fingerprint density at radius 3 is 3.12 bits per heavy atom. The number of carbonyl (C=O) groups excluding carboxylic acids is 1. The van der Waals surface area contributed by atoms with Crippen molar-refractivity contribution in [3.05, 3.63) is 18.0 Å². The first-order valence-electron chi connectivity index (χ1n) is 5.56. The van der Waals surface area contributed by atoms with Crippen molar-refractivity contribution in [1.82, 2.24) is 15.3 Å². The number of amides is 1. The second-order valence-corrected chi connectivity index (χ2v) is 3.91. The Bertz CT molecular complexity index is 393. The molecule has 1 aliphatic heterocycles. The minimum absolute atomic E-state index is 0.0684. The monoisotopic (exact) mass is 220 g/mol. The number of aromatic nitrogens is 2. The minimum Gasteiger partial charge on any atom is -0.353 e. The molecule has 1 fully saturated rings. The molecule has 1 N–H and O–H groups in total. The lowest BCUT2D eigenvalue weighted by molar-refractivity contribution is -0.123. The fourth-order valence-electron chi connectivity index (χ4n) is 1.93. The summed E-state index contributed by atoms with van der Waals surface area (Å²) in [5, 5.41) is 2.86. The maximum Gasteiger partial charge on any atom is 0.242 e. The third-order valence-electron chi connectivity index (χ3n) is 2.76. The summed E-state index contributed by atoms with van der Waals surface area (Å²) in [5.41, 5.74) is 0.922. The average molecular weight is 220 g/mol. The number of carbonyl (C=O) groups is 1. The Hall–Kier alpha value is -1.65. The summed E-state index contributed by atoms with van der Waals surface area (Å²) in [6.07, 6.45) is 2.50. The van der Waals surface area contributed by atoms with Crippen molar-refractivity contribution in [3.63, 3.8) is 0 Å². The van der Waals surface area contributed by atoms with E-state index in [0.717, 1.165) is 18.7 Å². The smallest absolute Gasteiger partial charge is 0.242 e. The van der Waals surface area contributed by atoms with Gasteiger partial charge in [0.1, 0.15) is 6.04 Å². The van der Waals surface area contributed by atoms with Crippen molar-refractivity contribution in [2.24, 2.45) is 0 Å². The third kappa shape index (κ3) is 1.98. The Labute approximate surface area is 94.9 Å². The Kier molecular flexibility index (Phi) is 3.03. The highest BCUT2D eigenvalue weighted by Crippen LogP contribution is 2.15. The highest BCUT2D eigenvalue weighted by atomic mass is 16.2. The van der Waals surface area contributed by atoms with E-state index in [0.29, 0.717) is 12.5 Å². The fraction of sp³-hybridized carbons (Fsp3) is 0.545. The molecule has 5 heteroatoms. The van der Waals surface area contributed by atoms with Crippen LogP contribution in [0, 0.1) is 6.92 Å². The largest absolute Gasteiger partial charge is 0.353 e. The van der Waals surface area contributed by atoms with Gasteiger partial charge in [-0.05, 0) is 19.4 Å². The summed E-state index contributed by atoms with van der Waals surface area (Å²) >= 11 is 0. The molecule has 1 unspecified atom stereocenters. The lowest BCUT2D eigenvalue weighted by Crippen LogP contribution is -2.55. The molecule has 1 aliphatic rings. The Balaban J connectivity index is 2.27. The van der Waals surface area contributed by atoms with E-state index in [4.69, 9.17) is 0 Å². The zero-order chi connectivity index (χ0) is 11.5. The lowest BCUT2D eigenvalue weighted by atomic mass is 10.1. The van der Waals surface area contributed by atoms with Crippen molar-refractivity contribution >= 4 is 11.9 Å². The van der Waals surface area contributed by atoms with Gasteiger partial charge in [-0.1, -0.05) is 6.92 Å². The molecule has 0 aliphatic carbocycles. The molecule has 5 nitrogen and oxygen atoms in total. The third-order valence-corrected chi connectivity index (χ3v) is 2.76. The summed E-state index contributed by atoms with van der Waals surface area (Å²) in [7, 11) is 0. The van der Waals surface area contributed by atoms with Crippen molar-refractivity contribution in [1.29, 1.82) is 0 Å². The molecule has 1 amide bonds. The number of anilines is 1. The van der Waals surface area contributed by atoms with E-state index in [1.807, 2.05) is 24.8 Å². The molecule has 16 heavy (non-hydrogen) atoms. The van der Waals surface area contributed by atoms with Crippen LogP contribution in [0.15, 0.2) is 12.3 Å². The summed E-state index contributed by atoms with van der Waals surface area (Å²) in [6, 6.07) is 1.71. The standard InChI is InChI=1S/C11H16N4O/c1-3-9-10(16)12-6-7-15(9)11-13-5-4-8(2)14-11/h4-5,9H,3,6-7H2,1-2H3,(H,12,16). The molecule has 0 spiro atoms. The van der Waals surface area contributed by atoms with E-state index in [1.54, 1.807) is 6.20 Å². The maximum absolute atomic E-state index is 11.7. The van der Waals surface area contributed by atoms with E-state index in [-0.39, 0.29) is 11.9 Å². The van der Waals surface area contributed by atoms with E-state index in [9.17, 15) is 4.79 Å². The summed E-state index contributed by atoms with van der Waals surface area (Å²) in [5.74, 6) is 0.723. The maximum atomic E-state index is 11.7. The van der Waals surface area contributed by atoms with Gasteiger partial charge in [0.25, 0.3) is 0 Å². The van der Waals surface area contributed by atoms with Gasteiger partial charge >= 0.3 is 0 Å². The van der Waals surface area contributed by atoms with Crippen LogP contribution in [0.2, 0.25) is 0 Å². The molecule has 2 heterocycles. The molecule has 1 aromatic rings. The van der Waals surface area contributed by atoms with Gasteiger partial charge in [-0.15, -0.1) is 0 Å². The van der Waals surface area contributed by atoms with Crippen LogP contribution < -0.4 is 10.2 Å². The zero-order valence-electron chi connectivity index (χ0n) is 9.60. The normalized spacial score (nSPS) is 20.8. The molecular weight excluding hydrogens is 204 g/mol. The number of nitrogens with zero attached hydrogens (tertiary/aromatic N) is 3. The van der Waals surface area contributed by atoms with Gasteiger partial charge in [-0.25, -0.2) is 9.97 Å². The first-order chi connectivity index (χ1) is 7.72. The van der Waals surface area contributed by atoms with E-state index >= 15 is 0 Å². The van der Waals surface area contributed by atoms with Crippen LogP contribution in [-0.4, -0.2) is 35.0 Å². The molecule has 1 atom stereocenters. The number of nitrogens with one attached hydrogen (secondary N) is 1. The zero-order valence-corrected chi connectivity index (χ0v) is 9.60. The predicted molar refractivity (Wildman–Crippen MR) is 61.2 cm³/mol. The van der Waals surface area contributed by atoms with Gasteiger partial charge in [-0.2, -0.15) is 0 Å². The number of hydrogen-bond donors (Lipinski definition) is 1. The Morgan fingerprint density at radius 1 is 1.62 bits per heavy atom. The molecular formula is C11H16N4O. The van der Waals surface area contributed by atoms with Crippen molar-refractivity contribution in [2.75, 3.05) is 18.0 Å². The van der Waals surface area contributed by atoms with Crippen LogP contribution in [0.4, 0.5) is 5.95 Å². The van der Waals surface area contributed by atoms with Crippen molar-refractivity contribution in [2.45, 2.75) is 26.3 Å². The Morgan fingerprint density at radius 2 is 2.44 bits per heavy atom. The minimum atomic E-state index is -0.143.